The minimum absolute atomic E-state index is 0.0773. The average Bonchev–Trinajstić information content (AvgIpc) is 2.92. The SMILES string of the molecule is O/N=C1\c2cccc(F)c2CCC1Cn1ccnc1. The van der Waals surface area contributed by atoms with Gasteiger partial charge in [-0.25, -0.2) is 9.37 Å². The Morgan fingerprint density at radius 1 is 1.47 bits per heavy atom. The Morgan fingerprint density at radius 3 is 3.11 bits per heavy atom. The largest absolute Gasteiger partial charge is 0.411 e. The Morgan fingerprint density at radius 2 is 2.37 bits per heavy atom. The number of imidazole rings is 1. The standard InChI is InChI=1S/C14H14FN3O/c15-13-3-1-2-12-11(13)5-4-10(14(12)17-19)8-18-7-6-16-9-18/h1-3,6-7,9-10,19H,4-5,8H2/b17-14-. The second kappa shape index (κ2) is 4.84. The van der Waals surface area contributed by atoms with E-state index in [0.717, 1.165) is 12.0 Å². The molecule has 0 radical (unpaired) electrons. The van der Waals surface area contributed by atoms with Crippen LogP contribution in [0.5, 0.6) is 0 Å². The Labute approximate surface area is 110 Å². The van der Waals surface area contributed by atoms with Crippen LogP contribution in [0.2, 0.25) is 0 Å². The smallest absolute Gasteiger partial charge is 0.127 e. The molecule has 0 aliphatic heterocycles. The maximum Gasteiger partial charge on any atom is 0.127 e. The molecule has 2 aromatic rings. The summed E-state index contributed by atoms with van der Waals surface area (Å²) in [6.45, 7) is 0.690. The molecular weight excluding hydrogens is 245 g/mol. The summed E-state index contributed by atoms with van der Waals surface area (Å²) in [7, 11) is 0. The lowest BCUT2D eigenvalue weighted by atomic mass is 9.82. The number of fused-ring (bicyclic) bond motifs is 1. The lowest BCUT2D eigenvalue weighted by molar-refractivity contribution is 0.311. The number of hydrogen-bond acceptors (Lipinski definition) is 3. The van der Waals surface area contributed by atoms with Gasteiger partial charge in [0.15, 0.2) is 0 Å². The minimum atomic E-state index is -0.222. The highest BCUT2D eigenvalue weighted by Crippen LogP contribution is 2.29. The van der Waals surface area contributed by atoms with Gasteiger partial charge in [0.1, 0.15) is 5.82 Å². The Hall–Kier alpha value is -2.17. The Bertz CT molecular complexity index is 607. The zero-order valence-electron chi connectivity index (χ0n) is 10.3. The van der Waals surface area contributed by atoms with Crippen molar-refractivity contribution in [1.82, 2.24) is 9.55 Å². The zero-order chi connectivity index (χ0) is 13.2. The van der Waals surface area contributed by atoms with E-state index in [2.05, 4.69) is 10.1 Å². The van der Waals surface area contributed by atoms with Crippen molar-refractivity contribution in [3.63, 3.8) is 0 Å². The summed E-state index contributed by atoms with van der Waals surface area (Å²) in [6, 6.07) is 4.91. The van der Waals surface area contributed by atoms with Gasteiger partial charge < -0.3 is 9.77 Å². The molecule has 5 heteroatoms. The van der Waals surface area contributed by atoms with Gasteiger partial charge in [-0.2, -0.15) is 0 Å². The van der Waals surface area contributed by atoms with Gasteiger partial charge >= 0.3 is 0 Å². The second-order valence-corrected chi connectivity index (χ2v) is 4.75. The lowest BCUT2D eigenvalue weighted by Gasteiger charge is -2.26. The van der Waals surface area contributed by atoms with Crippen molar-refractivity contribution in [2.24, 2.45) is 11.1 Å². The third-order valence-electron chi connectivity index (χ3n) is 3.62. The molecule has 1 aliphatic carbocycles. The van der Waals surface area contributed by atoms with Crippen molar-refractivity contribution in [2.75, 3.05) is 0 Å². The highest BCUT2D eigenvalue weighted by atomic mass is 19.1. The molecule has 0 fully saturated rings. The molecule has 0 spiro atoms. The molecule has 98 valence electrons. The average molecular weight is 259 g/mol. The van der Waals surface area contributed by atoms with Crippen LogP contribution in [0.25, 0.3) is 0 Å². The summed E-state index contributed by atoms with van der Waals surface area (Å²) >= 11 is 0. The van der Waals surface area contributed by atoms with Crippen molar-refractivity contribution < 1.29 is 9.60 Å². The topological polar surface area (TPSA) is 50.4 Å². The number of nitrogens with zero attached hydrogens (tertiary/aromatic N) is 3. The molecule has 1 N–H and O–H groups in total. The number of halogens is 1. The maximum atomic E-state index is 13.7. The predicted octanol–water partition coefficient (Wildman–Crippen LogP) is 2.46. The number of benzene rings is 1. The highest BCUT2D eigenvalue weighted by molar-refractivity contribution is 6.04. The molecular formula is C14H14FN3O. The van der Waals surface area contributed by atoms with Gasteiger partial charge in [0.2, 0.25) is 0 Å². The summed E-state index contributed by atoms with van der Waals surface area (Å²) in [5.74, 6) is -0.145. The van der Waals surface area contributed by atoms with Crippen molar-refractivity contribution in [1.29, 1.82) is 0 Å². The minimum Gasteiger partial charge on any atom is -0.411 e. The molecule has 1 atom stereocenters. The maximum absolute atomic E-state index is 13.7. The molecule has 3 rings (SSSR count). The number of hydrogen-bond donors (Lipinski definition) is 1. The van der Waals surface area contributed by atoms with E-state index in [9.17, 15) is 9.60 Å². The molecule has 4 nitrogen and oxygen atoms in total. The summed E-state index contributed by atoms with van der Waals surface area (Å²) < 4.78 is 15.7. The Kier molecular flexibility index (Phi) is 3.03. The van der Waals surface area contributed by atoms with Crippen LogP contribution in [-0.4, -0.2) is 20.5 Å². The molecule has 0 saturated carbocycles. The van der Waals surface area contributed by atoms with Crippen molar-refractivity contribution in [3.8, 4) is 0 Å². The molecule has 0 bridgehead atoms. The summed E-state index contributed by atoms with van der Waals surface area (Å²) in [6.07, 6.45) is 6.75. The van der Waals surface area contributed by atoms with Crippen LogP contribution in [0.1, 0.15) is 17.5 Å². The van der Waals surface area contributed by atoms with Crippen molar-refractivity contribution in [3.05, 3.63) is 53.9 Å². The first-order valence-corrected chi connectivity index (χ1v) is 6.25. The van der Waals surface area contributed by atoms with Crippen LogP contribution in [-0.2, 0) is 13.0 Å². The quantitative estimate of drug-likeness (QED) is 0.665. The van der Waals surface area contributed by atoms with E-state index < -0.39 is 0 Å². The number of oxime groups is 1. The van der Waals surface area contributed by atoms with Gasteiger partial charge in [0.05, 0.1) is 12.0 Å². The fraction of sp³-hybridized carbons (Fsp3) is 0.286. The van der Waals surface area contributed by atoms with E-state index in [0.29, 0.717) is 24.2 Å². The number of aromatic nitrogens is 2. The van der Waals surface area contributed by atoms with E-state index in [1.54, 1.807) is 18.6 Å². The van der Waals surface area contributed by atoms with E-state index >= 15 is 0 Å². The first kappa shape index (κ1) is 11.9. The third-order valence-corrected chi connectivity index (χ3v) is 3.62. The van der Waals surface area contributed by atoms with E-state index in [1.165, 1.54) is 6.07 Å². The molecule has 1 aromatic heterocycles. The fourth-order valence-electron chi connectivity index (χ4n) is 2.69. The molecule has 19 heavy (non-hydrogen) atoms. The van der Waals surface area contributed by atoms with Gasteiger partial charge in [-0.1, -0.05) is 17.3 Å². The second-order valence-electron chi connectivity index (χ2n) is 4.75. The monoisotopic (exact) mass is 259 g/mol. The summed E-state index contributed by atoms with van der Waals surface area (Å²) in [4.78, 5) is 4.00. The zero-order valence-corrected chi connectivity index (χ0v) is 10.3. The van der Waals surface area contributed by atoms with E-state index in [1.807, 2.05) is 16.8 Å². The molecule has 1 heterocycles. The molecule has 1 aliphatic rings. The Balaban J connectivity index is 1.94. The molecule has 1 unspecified atom stereocenters. The van der Waals surface area contributed by atoms with E-state index in [-0.39, 0.29) is 11.7 Å². The third kappa shape index (κ3) is 2.12. The molecule has 0 saturated heterocycles. The van der Waals surface area contributed by atoms with Gasteiger partial charge in [-0.15, -0.1) is 0 Å². The van der Waals surface area contributed by atoms with Crippen molar-refractivity contribution >= 4 is 5.71 Å². The van der Waals surface area contributed by atoms with Gasteiger partial charge in [-0.05, 0) is 24.5 Å². The summed E-state index contributed by atoms with van der Waals surface area (Å²) in [5.41, 5.74) is 1.94. The fourth-order valence-corrected chi connectivity index (χ4v) is 2.69. The van der Waals surface area contributed by atoms with Crippen LogP contribution < -0.4 is 0 Å². The summed E-state index contributed by atoms with van der Waals surface area (Å²) in [5, 5.41) is 12.7. The lowest BCUT2D eigenvalue weighted by Crippen LogP contribution is -2.27. The number of rotatable bonds is 2. The van der Waals surface area contributed by atoms with Crippen LogP contribution in [0, 0.1) is 11.7 Å². The predicted molar refractivity (Wildman–Crippen MR) is 68.8 cm³/mol. The van der Waals surface area contributed by atoms with Crippen LogP contribution in [0.3, 0.4) is 0 Å². The van der Waals surface area contributed by atoms with Gasteiger partial charge in [0, 0.05) is 30.4 Å². The van der Waals surface area contributed by atoms with E-state index in [4.69, 9.17) is 0 Å². The normalized spacial score (nSPS) is 20.5. The van der Waals surface area contributed by atoms with Gasteiger partial charge in [0.25, 0.3) is 0 Å². The molecule has 0 amide bonds. The van der Waals surface area contributed by atoms with Crippen molar-refractivity contribution in [2.45, 2.75) is 19.4 Å². The van der Waals surface area contributed by atoms with Crippen LogP contribution >= 0.6 is 0 Å². The van der Waals surface area contributed by atoms with Crippen LogP contribution in [0.4, 0.5) is 4.39 Å². The van der Waals surface area contributed by atoms with Crippen LogP contribution in [0.15, 0.2) is 42.1 Å². The first-order chi connectivity index (χ1) is 9.29. The molecule has 1 aromatic carbocycles. The van der Waals surface area contributed by atoms with Gasteiger partial charge in [-0.3, -0.25) is 0 Å². The first-order valence-electron chi connectivity index (χ1n) is 6.25. The highest BCUT2D eigenvalue weighted by Gasteiger charge is 2.28.